The summed E-state index contributed by atoms with van der Waals surface area (Å²) in [5.74, 6) is 0.578. The Morgan fingerprint density at radius 2 is 2.00 bits per heavy atom. The van der Waals surface area contributed by atoms with E-state index in [1.54, 1.807) is 6.20 Å². The molecule has 0 unspecified atom stereocenters. The third kappa shape index (κ3) is 2.04. The van der Waals surface area contributed by atoms with Gasteiger partial charge in [0.15, 0.2) is 0 Å². The Morgan fingerprint density at radius 1 is 1.11 bits per heavy atom. The van der Waals surface area contributed by atoms with Crippen LogP contribution in [0.1, 0.15) is 18.4 Å². The van der Waals surface area contributed by atoms with Crippen molar-refractivity contribution in [1.29, 1.82) is 0 Å². The molecule has 3 nitrogen and oxygen atoms in total. The van der Waals surface area contributed by atoms with E-state index in [0.717, 1.165) is 18.7 Å². The number of anilines is 3. The third-order valence-electron chi connectivity index (χ3n) is 3.44. The van der Waals surface area contributed by atoms with Crippen molar-refractivity contribution in [2.45, 2.75) is 19.3 Å². The number of nitrogen functional groups attached to an aromatic ring is 1. The number of benzene rings is 1. The molecule has 1 aromatic carbocycles. The van der Waals surface area contributed by atoms with Gasteiger partial charge in [-0.3, -0.25) is 0 Å². The van der Waals surface area contributed by atoms with E-state index in [9.17, 15) is 0 Å². The highest BCUT2D eigenvalue weighted by atomic mass is 15.1. The maximum atomic E-state index is 5.79. The lowest BCUT2D eigenvalue weighted by Crippen LogP contribution is -2.18. The summed E-state index contributed by atoms with van der Waals surface area (Å²) < 4.78 is 0. The van der Waals surface area contributed by atoms with Gasteiger partial charge in [0.05, 0.1) is 0 Å². The molecule has 18 heavy (non-hydrogen) atoms. The molecule has 3 heteroatoms. The summed E-state index contributed by atoms with van der Waals surface area (Å²) in [6.07, 6.45) is 5.39. The van der Waals surface area contributed by atoms with Crippen molar-refractivity contribution >= 4 is 17.2 Å². The molecule has 1 aliphatic rings. The van der Waals surface area contributed by atoms with Crippen molar-refractivity contribution in [3.05, 3.63) is 48.2 Å². The minimum atomic E-state index is 0.578. The molecule has 0 amide bonds. The molecule has 0 saturated heterocycles. The van der Waals surface area contributed by atoms with E-state index in [0.29, 0.717) is 5.82 Å². The van der Waals surface area contributed by atoms with Gasteiger partial charge in [0, 0.05) is 30.2 Å². The molecule has 1 aliphatic heterocycles. The van der Waals surface area contributed by atoms with E-state index in [2.05, 4.69) is 34.1 Å². The number of aromatic nitrogens is 1. The van der Waals surface area contributed by atoms with Crippen LogP contribution in [0.2, 0.25) is 0 Å². The first-order valence-corrected chi connectivity index (χ1v) is 6.41. The van der Waals surface area contributed by atoms with Crippen molar-refractivity contribution in [2.75, 3.05) is 17.2 Å². The van der Waals surface area contributed by atoms with E-state index in [-0.39, 0.29) is 0 Å². The average molecular weight is 239 g/mol. The molecule has 0 saturated carbocycles. The van der Waals surface area contributed by atoms with Crippen LogP contribution >= 0.6 is 0 Å². The lowest BCUT2D eigenvalue weighted by molar-refractivity contribution is 0.761. The largest absolute Gasteiger partial charge is 0.384 e. The third-order valence-corrected chi connectivity index (χ3v) is 3.44. The first kappa shape index (κ1) is 11.1. The summed E-state index contributed by atoms with van der Waals surface area (Å²) in [7, 11) is 0. The number of rotatable bonds is 1. The molecule has 2 heterocycles. The molecule has 1 aromatic heterocycles. The van der Waals surface area contributed by atoms with E-state index in [1.165, 1.54) is 24.1 Å². The van der Waals surface area contributed by atoms with Crippen LogP contribution in [0.25, 0.3) is 0 Å². The van der Waals surface area contributed by atoms with Crippen LogP contribution < -0.4 is 10.6 Å². The van der Waals surface area contributed by atoms with Gasteiger partial charge in [-0.25, -0.2) is 4.98 Å². The first-order valence-electron chi connectivity index (χ1n) is 6.41. The number of nitrogens with zero attached hydrogens (tertiary/aromatic N) is 2. The topological polar surface area (TPSA) is 42.1 Å². The Bertz CT molecular complexity index is 551. The Morgan fingerprint density at radius 3 is 2.89 bits per heavy atom. The van der Waals surface area contributed by atoms with Crippen LogP contribution in [0.5, 0.6) is 0 Å². The molecule has 3 rings (SSSR count). The molecule has 92 valence electrons. The molecular formula is C15H17N3. The predicted octanol–water partition coefficient (Wildman–Crippen LogP) is 3.14. The molecule has 2 N–H and O–H groups in total. The van der Waals surface area contributed by atoms with Gasteiger partial charge in [0.2, 0.25) is 0 Å². The summed E-state index contributed by atoms with van der Waals surface area (Å²) in [5.41, 5.74) is 9.65. The highest BCUT2D eigenvalue weighted by Crippen LogP contribution is 2.32. The summed E-state index contributed by atoms with van der Waals surface area (Å²) in [5, 5.41) is 0. The summed E-state index contributed by atoms with van der Waals surface area (Å²) in [6.45, 7) is 1.04. The smallest absolute Gasteiger partial charge is 0.125 e. The predicted molar refractivity (Wildman–Crippen MR) is 75.0 cm³/mol. The molecule has 0 radical (unpaired) electrons. The molecule has 2 aromatic rings. The zero-order chi connectivity index (χ0) is 12.4. The van der Waals surface area contributed by atoms with Crippen molar-refractivity contribution < 1.29 is 0 Å². The van der Waals surface area contributed by atoms with Gasteiger partial charge in [-0.2, -0.15) is 0 Å². The maximum absolute atomic E-state index is 5.79. The number of aryl methyl sites for hydroxylation is 1. The number of fused-ring (bicyclic) bond motifs is 1. The minimum absolute atomic E-state index is 0.578. The van der Waals surface area contributed by atoms with Gasteiger partial charge in [-0.1, -0.05) is 18.2 Å². The number of hydrogen-bond acceptors (Lipinski definition) is 3. The first-order chi connectivity index (χ1) is 8.84. The van der Waals surface area contributed by atoms with Gasteiger partial charge >= 0.3 is 0 Å². The zero-order valence-corrected chi connectivity index (χ0v) is 10.3. The van der Waals surface area contributed by atoms with Crippen molar-refractivity contribution in [3.8, 4) is 0 Å². The fraction of sp³-hybridized carbons (Fsp3) is 0.267. The molecule has 0 bridgehead atoms. The Labute approximate surface area is 107 Å². The van der Waals surface area contributed by atoms with Crippen LogP contribution in [0.3, 0.4) is 0 Å². The average Bonchev–Trinajstić information content (AvgIpc) is 2.61. The highest BCUT2D eigenvalue weighted by molar-refractivity contribution is 5.68. The standard InChI is InChI=1S/C15H17N3/c16-15-11-13(8-9-17-15)18-10-4-3-6-12-5-1-2-7-14(12)18/h1-2,5,7-9,11H,3-4,6,10H2,(H2,16,17). The Hall–Kier alpha value is -2.03. The quantitative estimate of drug-likeness (QED) is 0.831. The van der Waals surface area contributed by atoms with Crippen LogP contribution in [-0.2, 0) is 6.42 Å². The van der Waals surface area contributed by atoms with Crippen LogP contribution in [0, 0.1) is 0 Å². The van der Waals surface area contributed by atoms with Gasteiger partial charge in [-0.05, 0) is 37.0 Å². The number of hydrogen-bond donors (Lipinski definition) is 1. The maximum Gasteiger partial charge on any atom is 0.125 e. The van der Waals surface area contributed by atoms with Gasteiger partial charge in [0.1, 0.15) is 5.82 Å². The Balaban J connectivity index is 2.06. The molecule has 0 aliphatic carbocycles. The fourth-order valence-corrected chi connectivity index (χ4v) is 2.56. The second-order valence-electron chi connectivity index (χ2n) is 4.68. The van der Waals surface area contributed by atoms with E-state index < -0.39 is 0 Å². The summed E-state index contributed by atoms with van der Waals surface area (Å²) in [6, 6.07) is 12.6. The van der Waals surface area contributed by atoms with E-state index >= 15 is 0 Å². The highest BCUT2D eigenvalue weighted by Gasteiger charge is 2.16. The van der Waals surface area contributed by atoms with Crippen molar-refractivity contribution in [1.82, 2.24) is 4.98 Å². The van der Waals surface area contributed by atoms with Crippen LogP contribution in [0.4, 0.5) is 17.2 Å². The SMILES string of the molecule is Nc1cc(N2CCCCc3ccccc32)ccn1. The summed E-state index contributed by atoms with van der Waals surface area (Å²) in [4.78, 5) is 6.41. The molecular weight excluding hydrogens is 222 g/mol. The van der Waals surface area contributed by atoms with E-state index in [4.69, 9.17) is 5.73 Å². The number of pyridine rings is 1. The second kappa shape index (κ2) is 4.69. The number of para-hydroxylation sites is 1. The Kier molecular flexibility index (Phi) is 2.89. The molecule has 0 atom stereocenters. The zero-order valence-electron chi connectivity index (χ0n) is 10.3. The second-order valence-corrected chi connectivity index (χ2v) is 4.68. The van der Waals surface area contributed by atoms with Gasteiger partial charge < -0.3 is 10.6 Å². The summed E-state index contributed by atoms with van der Waals surface area (Å²) >= 11 is 0. The lowest BCUT2D eigenvalue weighted by atomic mass is 10.1. The van der Waals surface area contributed by atoms with E-state index in [1.807, 2.05) is 12.1 Å². The number of nitrogens with two attached hydrogens (primary N) is 1. The van der Waals surface area contributed by atoms with Crippen LogP contribution in [-0.4, -0.2) is 11.5 Å². The minimum Gasteiger partial charge on any atom is -0.384 e. The fourth-order valence-electron chi connectivity index (χ4n) is 2.56. The van der Waals surface area contributed by atoms with Gasteiger partial charge in [0.25, 0.3) is 0 Å². The van der Waals surface area contributed by atoms with Crippen molar-refractivity contribution in [2.24, 2.45) is 0 Å². The van der Waals surface area contributed by atoms with Gasteiger partial charge in [-0.15, -0.1) is 0 Å². The normalized spacial score (nSPS) is 15.0. The molecule has 0 spiro atoms. The van der Waals surface area contributed by atoms with Crippen LogP contribution in [0.15, 0.2) is 42.6 Å². The lowest BCUT2D eigenvalue weighted by Gasteiger charge is -2.25. The monoisotopic (exact) mass is 239 g/mol. The molecule has 0 fully saturated rings. The van der Waals surface area contributed by atoms with Crippen molar-refractivity contribution in [3.63, 3.8) is 0 Å².